The van der Waals surface area contributed by atoms with Crippen molar-refractivity contribution in [2.75, 3.05) is 12.4 Å². The highest BCUT2D eigenvalue weighted by Gasteiger charge is 2.21. The van der Waals surface area contributed by atoms with Gasteiger partial charge in [0.15, 0.2) is 5.76 Å². The molecule has 4 aromatic rings. The Kier molecular flexibility index (Phi) is 6.00. The van der Waals surface area contributed by atoms with E-state index in [2.05, 4.69) is 26.3 Å². The lowest BCUT2D eigenvalue weighted by Gasteiger charge is -2.03. The number of furan rings is 1. The van der Waals surface area contributed by atoms with Crippen molar-refractivity contribution in [2.24, 2.45) is 0 Å². The summed E-state index contributed by atoms with van der Waals surface area (Å²) in [6.45, 7) is 0.107. The minimum absolute atomic E-state index is 0.0558. The molecule has 1 aromatic carbocycles. The molecule has 4 rings (SSSR count). The lowest BCUT2D eigenvalue weighted by molar-refractivity contribution is -0.390. The number of esters is 1. The molecule has 0 fully saturated rings. The second-order valence-corrected chi connectivity index (χ2v) is 8.71. The van der Waals surface area contributed by atoms with Crippen LogP contribution in [0.3, 0.4) is 0 Å². The largest absolute Gasteiger partial charge is 0.465 e. The number of benzene rings is 1. The van der Waals surface area contributed by atoms with Crippen LogP contribution in [-0.4, -0.2) is 33.7 Å². The Bertz CT molecular complexity index is 1380. The third-order valence-electron chi connectivity index (χ3n) is 4.33. The number of rotatable bonds is 6. The van der Waals surface area contributed by atoms with E-state index in [4.69, 9.17) is 20.8 Å². The Morgan fingerprint density at radius 1 is 1.38 bits per heavy atom. The Labute approximate surface area is 197 Å². The van der Waals surface area contributed by atoms with Crippen LogP contribution in [0.2, 0.25) is 5.02 Å². The van der Waals surface area contributed by atoms with Gasteiger partial charge in [0.25, 0.3) is 5.91 Å². The van der Waals surface area contributed by atoms with Crippen molar-refractivity contribution in [3.63, 3.8) is 0 Å². The molecule has 0 aliphatic rings. The first kappa shape index (κ1) is 22.0. The van der Waals surface area contributed by atoms with Gasteiger partial charge >= 0.3 is 11.8 Å². The molecule has 0 saturated carbocycles. The van der Waals surface area contributed by atoms with Gasteiger partial charge in [0.05, 0.1) is 23.4 Å². The van der Waals surface area contributed by atoms with Gasteiger partial charge in [0, 0.05) is 15.8 Å². The van der Waals surface area contributed by atoms with Crippen molar-refractivity contribution in [2.45, 2.75) is 6.54 Å². The van der Waals surface area contributed by atoms with Gasteiger partial charge in [-0.3, -0.25) is 4.79 Å². The molecule has 0 spiro atoms. The third-order valence-corrected chi connectivity index (χ3v) is 6.53. The summed E-state index contributed by atoms with van der Waals surface area (Å²) in [5, 5.41) is 18.5. The van der Waals surface area contributed by atoms with E-state index < -0.39 is 16.8 Å². The van der Waals surface area contributed by atoms with Gasteiger partial charge in [-0.1, -0.05) is 11.6 Å². The molecule has 1 N–H and O–H groups in total. The van der Waals surface area contributed by atoms with Gasteiger partial charge in [0.2, 0.25) is 0 Å². The fraction of sp³-hybridized carbons (Fsp3) is 0.105. The zero-order valence-corrected chi connectivity index (χ0v) is 19.3. The number of halogens is 2. The summed E-state index contributed by atoms with van der Waals surface area (Å²) in [4.78, 5) is 35.0. The Morgan fingerprint density at radius 3 is 2.84 bits per heavy atom. The van der Waals surface area contributed by atoms with Crippen molar-refractivity contribution in [1.82, 2.24) is 9.78 Å². The first-order valence-corrected chi connectivity index (χ1v) is 10.8. The van der Waals surface area contributed by atoms with Crippen LogP contribution in [0.15, 0.2) is 45.4 Å². The van der Waals surface area contributed by atoms with Gasteiger partial charge in [-0.25, -0.2) is 4.79 Å². The van der Waals surface area contributed by atoms with E-state index in [1.165, 1.54) is 24.1 Å². The highest BCUT2D eigenvalue weighted by molar-refractivity contribution is 9.10. The lowest BCUT2D eigenvalue weighted by atomic mass is 10.2. The average molecular weight is 540 g/mol. The quantitative estimate of drug-likeness (QED) is 0.205. The Balaban J connectivity index is 1.49. The van der Waals surface area contributed by atoms with Crippen molar-refractivity contribution < 1.29 is 23.7 Å². The van der Waals surface area contributed by atoms with E-state index in [0.717, 1.165) is 11.3 Å². The van der Waals surface area contributed by atoms with E-state index in [1.807, 2.05) is 0 Å². The topological polar surface area (TPSA) is 130 Å². The second-order valence-electron chi connectivity index (χ2n) is 6.42. The minimum Gasteiger partial charge on any atom is -0.465 e. The minimum atomic E-state index is -0.604. The summed E-state index contributed by atoms with van der Waals surface area (Å²) in [5.41, 5.74) is 0.487. The van der Waals surface area contributed by atoms with E-state index in [0.29, 0.717) is 26.6 Å². The first-order valence-electron chi connectivity index (χ1n) is 8.84. The number of carbonyl (C=O) groups excluding carboxylic acids is 2. The number of methoxy groups -OCH3 is 1. The summed E-state index contributed by atoms with van der Waals surface area (Å²) in [6.07, 6.45) is 1.45. The number of aromatic nitrogens is 2. The van der Waals surface area contributed by atoms with Crippen LogP contribution in [-0.2, 0) is 11.3 Å². The molecule has 1 amide bonds. The number of hydrogen-bond donors (Lipinski definition) is 1. The molecular weight excluding hydrogens is 528 g/mol. The molecule has 0 atom stereocenters. The van der Waals surface area contributed by atoms with Crippen LogP contribution < -0.4 is 5.32 Å². The predicted octanol–water partition coefficient (Wildman–Crippen LogP) is 5.10. The van der Waals surface area contributed by atoms with Gasteiger partial charge in [-0.05, 0) is 51.2 Å². The van der Waals surface area contributed by atoms with E-state index >= 15 is 0 Å². The number of ether oxygens (including phenoxy) is 1. The molecule has 0 aliphatic carbocycles. The maximum Gasteiger partial charge on any atom is 0.404 e. The molecule has 164 valence electrons. The zero-order chi connectivity index (χ0) is 23.0. The fourth-order valence-electron chi connectivity index (χ4n) is 2.90. The van der Waals surface area contributed by atoms with Gasteiger partial charge in [0.1, 0.15) is 21.7 Å². The van der Waals surface area contributed by atoms with Crippen LogP contribution in [0.1, 0.15) is 26.0 Å². The summed E-state index contributed by atoms with van der Waals surface area (Å²) in [7, 11) is 1.28. The first-order chi connectivity index (χ1) is 15.3. The number of carbonyl (C=O) groups is 2. The van der Waals surface area contributed by atoms with E-state index in [9.17, 15) is 19.7 Å². The van der Waals surface area contributed by atoms with Crippen molar-refractivity contribution >= 4 is 72.3 Å². The summed E-state index contributed by atoms with van der Waals surface area (Å²) in [6, 6.07) is 8.13. The third kappa shape index (κ3) is 4.24. The number of amides is 1. The standard InChI is InChI=1S/C19H12BrClN4O6S/c1-30-19(27)16-15(21)11-4-2-9(6-14(11)32-16)22-18(26)13-5-3-10(31-13)7-24-8-12(20)17(23-24)25(28)29/h2-6,8H,7H2,1H3,(H,22,26). The molecule has 0 bridgehead atoms. The molecule has 0 aliphatic heterocycles. The highest BCUT2D eigenvalue weighted by Crippen LogP contribution is 2.37. The summed E-state index contributed by atoms with van der Waals surface area (Å²) < 4.78 is 12.6. The summed E-state index contributed by atoms with van der Waals surface area (Å²) >= 11 is 10.5. The molecular formula is C19H12BrClN4O6S. The smallest absolute Gasteiger partial charge is 0.404 e. The maximum atomic E-state index is 12.6. The second kappa shape index (κ2) is 8.73. The average Bonchev–Trinajstić information content (AvgIpc) is 3.45. The van der Waals surface area contributed by atoms with E-state index in [-0.39, 0.29) is 27.5 Å². The number of thiophene rings is 1. The fourth-order valence-corrected chi connectivity index (χ4v) is 4.82. The number of nitro groups is 1. The van der Waals surface area contributed by atoms with Crippen molar-refractivity contribution in [3.05, 3.63) is 72.5 Å². The molecule has 0 radical (unpaired) electrons. The van der Waals surface area contributed by atoms with E-state index in [1.54, 1.807) is 24.3 Å². The molecule has 32 heavy (non-hydrogen) atoms. The Hall–Kier alpha value is -3.22. The number of fused-ring (bicyclic) bond motifs is 1. The van der Waals surface area contributed by atoms with Crippen molar-refractivity contribution in [1.29, 1.82) is 0 Å². The van der Waals surface area contributed by atoms with Crippen LogP contribution in [0.4, 0.5) is 11.5 Å². The van der Waals surface area contributed by atoms with Gasteiger partial charge in [-0.2, -0.15) is 4.68 Å². The zero-order valence-electron chi connectivity index (χ0n) is 16.1. The van der Waals surface area contributed by atoms with Gasteiger partial charge < -0.3 is 24.6 Å². The number of anilines is 1. The number of nitrogens with one attached hydrogen (secondary N) is 1. The van der Waals surface area contributed by atoms with Crippen LogP contribution in [0.5, 0.6) is 0 Å². The summed E-state index contributed by atoms with van der Waals surface area (Å²) in [5.74, 6) is -0.879. The molecule has 10 nitrogen and oxygen atoms in total. The normalized spacial score (nSPS) is 11.0. The van der Waals surface area contributed by atoms with Crippen molar-refractivity contribution in [3.8, 4) is 0 Å². The highest BCUT2D eigenvalue weighted by atomic mass is 79.9. The molecule has 3 aromatic heterocycles. The SMILES string of the molecule is COC(=O)c1sc2cc(NC(=O)c3ccc(Cn4cc(Br)c([N+](=O)[O-])n4)o3)ccc2c1Cl. The lowest BCUT2D eigenvalue weighted by Crippen LogP contribution is -2.10. The van der Waals surface area contributed by atoms with Crippen LogP contribution in [0.25, 0.3) is 10.1 Å². The molecule has 3 heterocycles. The maximum absolute atomic E-state index is 12.6. The molecule has 13 heteroatoms. The number of hydrogen-bond acceptors (Lipinski definition) is 8. The van der Waals surface area contributed by atoms with Crippen LogP contribution in [0, 0.1) is 10.1 Å². The van der Waals surface area contributed by atoms with Gasteiger partial charge in [-0.15, -0.1) is 11.3 Å². The molecule has 0 unspecified atom stereocenters. The predicted molar refractivity (Wildman–Crippen MR) is 121 cm³/mol. The Morgan fingerprint density at radius 2 is 2.16 bits per heavy atom. The molecule has 0 saturated heterocycles. The number of nitrogens with zero attached hydrogens (tertiary/aromatic N) is 3. The van der Waals surface area contributed by atoms with Crippen LogP contribution >= 0.6 is 38.9 Å². The monoisotopic (exact) mass is 538 g/mol.